The van der Waals surface area contributed by atoms with Crippen LogP contribution in [0.15, 0.2) is 11.6 Å². The largest absolute Gasteiger partial charge is 0.432 e. The van der Waals surface area contributed by atoms with Crippen LogP contribution in [0.4, 0.5) is 0 Å². The summed E-state index contributed by atoms with van der Waals surface area (Å²) in [6.45, 7) is 14.9. The van der Waals surface area contributed by atoms with Gasteiger partial charge in [-0.3, -0.25) is 9.59 Å². The lowest BCUT2D eigenvalue weighted by Gasteiger charge is -2.70. The summed E-state index contributed by atoms with van der Waals surface area (Å²) in [5.74, 6) is -0.221. The number of fused-ring (bicyclic) bond motifs is 7. The zero-order valence-corrected chi connectivity index (χ0v) is 28.2. The maximum absolute atomic E-state index is 14.5. The molecular weight excluding hydrogens is 576 g/mol. The first-order valence-electron chi connectivity index (χ1n) is 17.2. The highest BCUT2D eigenvalue weighted by atomic mass is 16.7. The number of hydrogen-bond acceptors (Lipinski definition) is 9. The predicted octanol–water partition coefficient (Wildman–Crippen LogP) is 3.67. The van der Waals surface area contributed by atoms with E-state index in [-0.39, 0.29) is 56.7 Å². The van der Waals surface area contributed by atoms with E-state index >= 15 is 0 Å². The smallest absolute Gasteiger partial charge is 0.314 e. The highest BCUT2D eigenvalue weighted by Crippen LogP contribution is 2.75. The van der Waals surface area contributed by atoms with Gasteiger partial charge in [-0.25, -0.2) is 0 Å². The van der Waals surface area contributed by atoms with Gasteiger partial charge >= 0.3 is 5.97 Å². The number of aliphatic hydroxyl groups is 5. The number of esters is 1. The Hall–Kier alpha value is -1.36. The van der Waals surface area contributed by atoms with Gasteiger partial charge in [0.15, 0.2) is 5.78 Å². The van der Waals surface area contributed by atoms with E-state index in [1.54, 1.807) is 0 Å². The second-order valence-electron chi connectivity index (χ2n) is 17.7. The van der Waals surface area contributed by atoms with Gasteiger partial charge in [0.1, 0.15) is 24.4 Å². The molecule has 5 fully saturated rings. The summed E-state index contributed by atoms with van der Waals surface area (Å²) < 4.78 is 11.2. The number of ketones is 1. The van der Waals surface area contributed by atoms with Gasteiger partial charge in [0.2, 0.25) is 6.29 Å². The van der Waals surface area contributed by atoms with E-state index in [1.165, 1.54) is 5.57 Å². The average molecular weight is 633 g/mol. The molecular formula is C36H56O9. The molecule has 1 saturated heterocycles. The molecule has 0 aromatic rings. The molecule has 9 heteroatoms. The summed E-state index contributed by atoms with van der Waals surface area (Å²) in [6, 6.07) is 0. The highest BCUT2D eigenvalue weighted by molar-refractivity contribution is 5.95. The van der Waals surface area contributed by atoms with Gasteiger partial charge in [0, 0.05) is 5.92 Å². The number of carbonyl (C=O) groups is 2. The first-order chi connectivity index (χ1) is 20.8. The quantitative estimate of drug-likeness (QED) is 0.293. The normalized spacial score (nSPS) is 54.1. The molecule has 0 unspecified atom stereocenters. The molecule has 0 amide bonds. The van der Waals surface area contributed by atoms with E-state index in [9.17, 15) is 35.1 Å². The van der Waals surface area contributed by atoms with Gasteiger partial charge in [0.25, 0.3) is 0 Å². The molecule has 5 aliphatic carbocycles. The standard InChI is InChI=1S/C36H56O9/c1-31(2)23-8-11-36(7)28(34(23,5)10-9-24(31)39)21(38)16-19-20-17-33(4,13-12-32(20,3)14-15-35(19,36)6)30(43)45-29-27(42)26(41)25(40)22(18-37)44-29/h16,20,22-29,37,39-42H,8-15,17-18H2,1-7H3/t20-,22+,23-,24-,25+,26-,27+,28+,29-,32+,33-,34-,35+,36+/m0/s1. The van der Waals surface area contributed by atoms with Crippen molar-refractivity contribution in [1.29, 1.82) is 0 Å². The van der Waals surface area contributed by atoms with Crippen molar-refractivity contribution in [3.8, 4) is 0 Å². The Morgan fingerprint density at radius 1 is 0.889 bits per heavy atom. The zero-order chi connectivity index (χ0) is 33.1. The summed E-state index contributed by atoms with van der Waals surface area (Å²) in [7, 11) is 0. The minimum Gasteiger partial charge on any atom is -0.432 e. The maximum Gasteiger partial charge on any atom is 0.314 e. The lowest BCUT2D eigenvalue weighted by atomic mass is 9.33. The van der Waals surface area contributed by atoms with Crippen LogP contribution in [0.25, 0.3) is 0 Å². The summed E-state index contributed by atoms with van der Waals surface area (Å²) in [6.07, 6.45) is 1.42. The van der Waals surface area contributed by atoms with E-state index in [2.05, 4.69) is 41.5 Å². The number of ether oxygens (including phenoxy) is 2. The number of aliphatic hydroxyl groups excluding tert-OH is 5. The molecule has 45 heavy (non-hydrogen) atoms. The van der Waals surface area contributed by atoms with Crippen LogP contribution in [0.1, 0.15) is 106 Å². The first kappa shape index (κ1) is 33.5. The molecule has 14 atom stereocenters. The minimum absolute atomic E-state index is 0.00535. The van der Waals surface area contributed by atoms with E-state index in [4.69, 9.17) is 9.47 Å². The third-order valence-electron chi connectivity index (χ3n) is 15.1. The molecule has 5 N–H and O–H groups in total. The molecule has 6 aliphatic rings. The Labute approximate surface area is 267 Å². The molecule has 1 aliphatic heterocycles. The van der Waals surface area contributed by atoms with Crippen LogP contribution in [-0.4, -0.2) is 80.7 Å². The monoisotopic (exact) mass is 632 g/mol. The van der Waals surface area contributed by atoms with Crippen LogP contribution in [-0.2, 0) is 19.1 Å². The summed E-state index contributed by atoms with van der Waals surface area (Å²) in [4.78, 5) is 28.4. The molecule has 4 saturated carbocycles. The Kier molecular flexibility index (Phi) is 7.88. The average Bonchev–Trinajstić information content (AvgIpc) is 2.97. The molecule has 6 rings (SSSR count). The molecule has 0 aromatic heterocycles. The maximum atomic E-state index is 14.5. The van der Waals surface area contributed by atoms with E-state index in [0.717, 1.165) is 38.5 Å². The van der Waals surface area contributed by atoms with Crippen LogP contribution in [0.2, 0.25) is 0 Å². The van der Waals surface area contributed by atoms with Gasteiger partial charge in [-0.1, -0.05) is 47.1 Å². The second kappa shape index (κ2) is 10.6. The first-order valence-corrected chi connectivity index (χ1v) is 17.2. The summed E-state index contributed by atoms with van der Waals surface area (Å²) in [5.41, 5.74) is -0.742. The van der Waals surface area contributed by atoms with Crippen LogP contribution in [0.3, 0.4) is 0 Å². The number of rotatable bonds is 3. The zero-order valence-electron chi connectivity index (χ0n) is 28.2. The van der Waals surface area contributed by atoms with E-state index in [1.807, 2.05) is 13.0 Å². The third-order valence-corrected chi connectivity index (χ3v) is 15.1. The Bertz CT molecular complexity index is 1260. The van der Waals surface area contributed by atoms with Gasteiger partial charge < -0.3 is 35.0 Å². The Balaban J connectivity index is 1.31. The lowest BCUT2D eigenvalue weighted by Crippen LogP contribution is -2.66. The molecule has 1 heterocycles. The SMILES string of the molecule is CC1(C)[C@@H](O)CC[C@]2(C)[C@H]3C(=O)C=C4[C@@H]5C[C@@](C)(C(=O)O[C@@H]6O[C@H](CO)[C@@H](O)[C@H](O)[C@H]6O)CC[C@]5(C)CC[C@@]4(C)[C@]3(C)CC[C@@H]12. The Morgan fingerprint density at radius 3 is 2.22 bits per heavy atom. The fourth-order valence-corrected chi connectivity index (χ4v) is 11.8. The lowest BCUT2D eigenvalue weighted by molar-refractivity contribution is -0.296. The third kappa shape index (κ3) is 4.53. The van der Waals surface area contributed by atoms with Crippen molar-refractivity contribution < 1.29 is 44.6 Å². The van der Waals surface area contributed by atoms with E-state index in [0.29, 0.717) is 19.3 Å². The van der Waals surface area contributed by atoms with Gasteiger partial charge in [-0.05, 0) is 110 Å². The van der Waals surface area contributed by atoms with Crippen LogP contribution in [0, 0.1) is 50.2 Å². The fraction of sp³-hybridized carbons (Fsp3) is 0.889. The molecule has 9 nitrogen and oxygen atoms in total. The van der Waals surface area contributed by atoms with Gasteiger partial charge in [-0.15, -0.1) is 0 Å². The Morgan fingerprint density at radius 2 is 1.56 bits per heavy atom. The molecule has 0 radical (unpaired) electrons. The van der Waals surface area contributed by atoms with Crippen LogP contribution in [0.5, 0.6) is 0 Å². The van der Waals surface area contributed by atoms with Crippen molar-refractivity contribution in [3.63, 3.8) is 0 Å². The van der Waals surface area contributed by atoms with Crippen LogP contribution >= 0.6 is 0 Å². The van der Waals surface area contributed by atoms with Gasteiger partial charge in [-0.2, -0.15) is 0 Å². The molecule has 254 valence electrons. The topological polar surface area (TPSA) is 154 Å². The van der Waals surface area contributed by atoms with Crippen molar-refractivity contribution in [1.82, 2.24) is 0 Å². The summed E-state index contributed by atoms with van der Waals surface area (Å²) >= 11 is 0. The molecule has 0 aromatic carbocycles. The number of hydrogen-bond donors (Lipinski definition) is 5. The summed E-state index contributed by atoms with van der Waals surface area (Å²) in [5, 5.41) is 51.5. The van der Waals surface area contributed by atoms with E-state index < -0.39 is 48.7 Å². The number of carbonyl (C=O) groups excluding carboxylic acids is 2. The van der Waals surface area contributed by atoms with Crippen molar-refractivity contribution in [2.45, 2.75) is 143 Å². The second-order valence-corrected chi connectivity index (χ2v) is 17.7. The van der Waals surface area contributed by atoms with Crippen molar-refractivity contribution in [2.24, 2.45) is 50.2 Å². The van der Waals surface area contributed by atoms with Crippen molar-refractivity contribution in [3.05, 3.63) is 11.6 Å². The predicted molar refractivity (Wildman–Crippen MR) is 165 cm³/mol. The van der Waals surface area contributed by atoms with Crippen molar-refractivity contribution in [2.75, 3.05) is 6.61 Å². The van der Waals surface area contributed by atoms with Gasteiger partial charge in [0.05, 0.1) is 18.1 Å². The highest BCUT2D eigenvalue weighted by Gasteiger charge is 2.70. The fourth-order valence-electron chi connectivity index (χ4n) is 11.8. The molecule has 0 bridgehead atoms. The van der Waals surface area contributed by atoms with Crippen LogP contribution < -0.4 is 0 Å². The minimum atomic E-state index is -1.65. The number of allylic oxidation sites excluding steroid dienone is 2. The molecule has 0 spiro atoms. The van der Waals surface area contributed by atoms with Crippen molar-refractivity contribution >= 4 is 11.8 Å².